The van der Waals surface area contributed by atoms with Gasteiger partial charge in [0.1, 0.15) is 5.75 Å². The highest BCUT2D eigenvalue weighted by Crippen LogP contribution is 2.25. The second kappa shape index (κ2) is 8.78. The molecular formula is C17H23ClN2O4. The number of unbranched alkanes of at least 4 members (excludes halogenated alkanes) is 1. The van der Waals surface area contributed by atoms with E-state index in [0.29, 0.717) is 36.9 Å². The van der Waals surface area contributed by atoms with Gasteiger partial charge in [0.15, 0.2) is 0 Å². The third-order valence-corrected chi connectivity index (χ3v) is 4.32. The Morgan fingerprint density at radius 1 is 1.46 bits per heavy atom. The Hall–Kier alpha value is -1.95. The molecule has 1 fully saturated rings. The van der Waals surface area contributed by atoms with Gasteiger partial charge in [-0.05, 0) is 30.5 Å². The van der Waals surface area contributed by atoms with Crippen LogP contribution in [-0.2, 0) is 11.3 Å². The molecule has 0 aromatic heterocycles. The van der Waals surface area contributed by atoms with E-state index in [1.165, 1.54) is 4.90 Å². The number of carboxylic acids is 1. The van der Waals surface area contributed by atoms with Gasteiger partial charge in [0.05, 0.1) is 17.5 Å². The van der Waals surface area contributed by atoms with Crippen LogP contribution in [0.4, 0.5) is 4.79 Å². The van der Waals surface area contributed by atoms with E-state index in [1.54, 1.807) is 12.1 Å². The monoisotopic (exact) mass is 354 g/mol. The number of amides is 2. The normalized spacial score (nSPS) is 16.9. The Bertz CT molecular complexity index is 594. The van der Waals surface area contributed by atoms with Crippen LogP contribution >= 0.6 is 11.6 Å². The topological polar surface area (TPSA) is 78.9 Å². The predicted octanol–water partition coefficient (Wildman–Crippen LogP) is 3.14. The zero-order valence-corrected chi connectivity index (χ0v) is 14.5. The van der Waals surface area contributed by atoms with E-state index in [1.807, 2.05) is 6.07 Å². The number of carbonyl (C=O) groups excluding carboxylic acids is 1. The van der Waals surface area contributed by atoms with Crippen LogP contribution in [0.2, 0.25) is 5.02 Å². The van der Waals surface area contributed by atoms with Crippen LogP contribution in [0.3, 0.4) is 0 Å². The fourth-order valence-electron chi connectivity index (χ4n) is 2.53. The number of hydrogen-bond acceptors (Lipinski definition) is 3. The Morgan fingerprint density at radius 3 is 2.88 bits per heavy atom. The van der Waals surface area contributed by atoms with Gasteiger partial charge in [0, 0.05) is 19.6 Å². The first-order chi connectivity index (χ1) is 11.5. The van der Waals surface area contributed by atoms with Gasteiger partial charge in [-0.3, -0.25) is 4.79 Å². The van der Waals surface area contributed by atoms with Crippen LogP contribution in [-0.4, -0.2) is 41.7 Å². The quantitative estimate of drug-likeness (QED) is 0.737. The molecule has 0 aliphatic carbocycles. The number of halogens is 1. The summed E-state index contributed by atoms with van der Waals surface area (Å²) in [5.74, 6) is -0.676. The molecule has 1 aromatic carbocycles. The molecule has 0 radical (unpaired) electrons. The van der Waals surface area contributed by atoms with E-state index in [-0.39, 0.29) is 12.6 Å². The van der Waals surface area contributed by atoms with Crippen molar-refractivity contribution in [2.75, 3.05) is 19.7 Å². The zero-order chi connectivity index (χ0) is 17.5. The summed E-state index contributed by atoms with van der Waals surface area (Å²) in [6, 6.07) is 5.18. The number of benzene rings is 1. The molecule has 1 aromatic rings. The first-order valence-electron chi connectivity index (χ1n) is 8.18. The van der Waals surface area contributed by atoms with E-state index < -0.39 is 11.9 Å². The molecule has 2 amide bonds. The molecule has 1 aliphatic rings. The van der Waals surface area contributed by atoms with Crippen LogP contribution in [0, 0.1) is 5.92 Å². The average molecular weight is 355 g/mol. The van der Waals surface area contributed by atoms with Crippen molar-refractivity contribution in [3.63, 3.8) is 0 Å². The summed E-state index contributed by atoms with van der Waals surface area (Å²) >= 11 is 6.19. The van der Waals surface area contributed by atoms with E-state index >= 15 is 0 Å². The molecule has 0 bridgehead atoms. The number of carboxylic acid groups (broad SMARTS) is 1. The molecule has 0 saturated carbocycles. The minimum absolute atomic E-state index is 0.252. The zero-order valence-electron chi connectivity index (χ0n) is 13.8. The summed E-state index contributed by atoms with van der Waals surface area (Å²) in [7, 11) is 0. The van der Waals surface area contributed by atoms with Gasteiger partial charge < -0.3 is 20.1 Å². The van der Waals surface area contributed by atoms with E-state index in [9.17, 15) is 9.59 Å². The molecule has 1 aliphatic heterocycles. The highest BCUT2D eigenvalue weighted by atomic mass is 35.5. The lowest BCUT2D eigenvalue weighted by molar-refractivity contribution is -0.141. The van der Waals surface area contributed by atoms with Crippen molar-refractivity contribution in [1.82, 2.24) is 10.2 Å². The van der Waals surface area contributed by atoms with Crippen molar-refractivity contribution in [2.24, 2.45) is 5.92 Å². The van der Waals surface area contributed by atoms with Gasteiger partial charge in [-0.25, -0.2) is 4.79 Å². The number of urea groups is 1. The predicted molar refractivity (Wildman–Crippen MR) is 91.4 cm³/mol. The third kappa shape index (κ3) is 5.03. The lowest BCUT2D eigenvalue weighted by Crippen LogP contribution is -2.38. The molecule has 1 saturated heterocycles. The van der Waals surface area contributed by atoms with Crippen molar-refractivity contribution in [2.45, 2.75) is 32.7 Å². The summed E-state index contributed by atoms with van der Waals surface area (Å²) in [6.45, 7) is 3.78. The Morgan fingerprint density at radius 2 is 2.25 bits per heavy atom. The maximum atomic E-state index is 12.1. The number of ether oxygens (including phenoxy) is 1. The number of rotatable bonds is 7. The van der Waals surface area contributed by atoms with Crippen LogP contribution in [0.1, 0.15) is 31.7 Å². The largest absolute Gasteiger partial charge is 0.492 e. The molecule has 2 rings (SSSR count). The average Bonchev–Trinajstić information content (AvgIpc) is 3.05. The van der Waals surface area contributed by atoms with Crippen LogP contribution in [0.5, 0.6) is 5.75 Å². The minimum atomic E-state index is -0.851. The number of hydrogen-bond donors (Lipinski definition) is 2. The molecule has 1 atom stereocenters. The summed E-state index contributed by atoms with van der Waals surface area (Å²) < 4.78 is 5.59. The number of likely N-dealkylation sites (tertiary alicyclic amines) is 1. The maximum Gasteiger partial charge on any atom is 0.317 e. The molecule has 0 spiro atoms. The lowest BCUT2D eigenvalue weighted by Gasteiger charge is -2.17. The molecule has 24 heavy (non-hydrogen) atoms. The maximum absolute atomic E-state index is 12.1. The molecule has 7 heteroatoms. The van der Waals surface area contributed by atoms with Crippen molar-refractivity contribution in [1.29, 1.82) is 0 Å². The Kier molecular flexibility index (Phi) is 6.73. The Balaban J connectivity index is 1.82. The van der Waals surface area contributed by atoms with Gasteiger partial charge in [-0.15, -0.1) is 0 Å². The Labute approximate surface area is 146 Å². The molecule has 6 nitrogen and oxygen atoms in total. The van der Waals surface area contributed by atoms with Crippen LogP contribution < -0.4 is 10.1 Å². The first kappa shape index (κ1) is 18.4. The van der Waals surface area contributed by atoms with Gasteiger partial charge in [0.25, 0.3) is 0 Å². The molecule has 1 unspecified atom stereocenters. The van der Waals surface area contributed by atoms with Gasteiger partial charge in [-0.1, -0.05) is 31.0 Å². The summed E-state index contributed by atoms with van der Waals surface area (Å²) in [5, 5.41) is 12.3. The van der Waals surface area contributed by atoms with Crippen molar-refractivity contribution in [3.05, 3.63) is 28.8 Å². The van der Waals surface area contributed by atoms with E-state index in [4.69, 9.17) is 21.4 Å². The molecular weight excluding hydrogens is 332 g/mol. The summed E-state index contributed by atoms with van der Waals surface area (Å²) in [4.78, 5) is 24.5. The molecule has 1 heterocycles. The SMILES string of the molecule is CCCCOc1ccc(CNC(=O)N2CCC(C(=O)O)C2)cc1Cl. The van der Waals surface area contributed by atoms with Crippen molar-refractivity contribution < 1.29 is 19.4 Å². The number of carbonyl (C=O) groups is 2. The smallest absolute Gasteiger partial charge is 0.317 e. The van der Waals surface area contributed by atoms with Gasteiger partial charge >= 0.3 is 12.0 Å². The second-order valence-electron chi connectivity index (χ2n) is 5.90. The van der Waals surface area contributed by atoms with E-state index in [2.05, 4.69) is 12.2 Å². The number of nitrogens with one attached hydrogen (secondary N) is 1. The van der Waals surface area contributed by atoms with Crippen LogP contribution in [0.15, 0.2) is 18.2 Å². The van der Waals surface area contributed by atoms with Gasteiger partial charge in [-0.2, -0.15) is 0 Å². The molecule has 2 N–H and O–H groups in total. The number of nitrogens with zero attached hydrogens (tertiary/aromatic N) is 1. The summed E-state index contributed by atoms with van der Waals surface area (Å²) in [6.07, 6.45) is 2.53. The fraction of sp³-hybridized carbons (Fsp3) is 0.529. The van der Waals surface area contributed by atoms with Crippen molar-refractivity contribution >= 4 is 23.6 Å². The number of aliphatic carboxylic acids is 1. The lowest BCUT2D eigenvalue weighted by atomic mass is 10.1. The van der Waals surface area contributed by atoms with E-state index in [0.717, 1.165) is 18.4 Å². The minimum Gasteiger partial charge on any atom is -0.492 e. The highest BCUT2D eigenvalue weighted by molar-refractivity contribution is 6.32. The fourth-order valence-corrected chi connectivity index (χ4v) is 2.79. The highest BCUT2D eigenvalue weighted by Gasteiger charge is 2.30. The van der Waals surface area contributed by atoms with Gasteiger partial charge in [0.2, 0.25) is 0 Å². The third-order valence-electron chi connectivity index (χ3n) is 4.02. The summed E-state index contributed by atoms with van der Waals surface area (Å²) in [5.41, 5.74) is 0.866. The standard InChI is InChI=1S/C17H23ClN2O4/c1-2-3-8-24-15-5-4-12(9-14(15)18)10-19-17(23)20-7-6-13(11-20)16(21)22/h4-5,9,13H,2-3,6-8,10-11H2,1H3,(H,19,23)(H,21,22). The second-order valence-corrected chi connectivity index (χ2v) is 6.30. The van der Waals surface area contributed by atoms with Crippen LogP contribution in [0.25, 0.3) is 0 Å². The molecule has 132 valence electrons. The van der Waals surface area contributed by atoms with Crippen molar-refractivity contribution in [3.8, 4) is 5.75 Å². The first-order valence-corrected chi connectivity index (χ1v) is 8.56.